The average molecular weight is 269 g/mol. The fourth-order valence-corrected chi connectivity index (χ4v) is 2.60. The van der Waals surface area contributed by atoms with Gasteiger partial charge in [0.05, 0.1) is 12.1 Å². The molecule has 1 aliphatic heterocycles. The number of ether oxygens (including phenoxy) is 1. The second-order valence-corrected chi connectivity index (χ2v) is 5.23. The third kappa shape index (κ3) is 3.30. The van der Waals surface area contributed by atoms with E-state index in [2.05, 4.69) is 23.2 Å². The van der Waals surface area contributed by atoms with E-state index in [-0.39, 0.29) is 0 Å². The first kappa shape index (κ1) is 13.5. The quantitative estimate of drug-likeness (QED) is 0.893. The summed E-state index contributed by atoms with van der Waals surface area (Å²) in [4.78, 5) is 2.39. The van der Waals surface area contributed by atoms with Crippen LogP contribution in [0.1, 0.15) is 19.8 Å². The van der Waals surface area contributed by atoms with E-state index in [1.165, 1.54) is 18.5 Å². The van der Waals surface area contributed by atoms with Crippen molar-refractivity contribution in [2.75, 3.05) is 31.6 Å². The van der Waals surface area contributed by atoms with Gasteiger partial charge in [-0.05, 0) is 44.5 Å². The molecule has 1 fully saturated rings. The van der Waals surface area contributed by atoms with Crippen molar-refractivity contribution in [2.45, 2.75) is 25.8 Å². The van der Waals surface area contributed by atoms with Gasteiger partial charge in [-0.25, -0.2) is 0 Å². The summed E-state index contributed by atoms with van der Waals surface area (Å²) in [5.74, 6) is 0.735. The van der Waals surface area contributed by atoms with E-state index >= 15 is 0 Å². The Balaban J connectivity index is 2.15. The molecule has 0 aromatic heterocycles. The summed E-state index contributed by atoms with van der Waals surface area (Å²) in [7, 11) is 1.64. The fraction of sp³-hybridized carbons (Fsp3) is 0.571. The minimum atomic E-state index is 0.506. The highest BCUT2D eigenvalue weighted by Crippen LogP contribution is 2.29. The summed E-state index contributed by atoms with van der Waals surface area (Å²) in [6, 6.07) is 6.52. The topological polar surface area (TPSA) is 24.5 Å². The lowest BCUT2D eigenvalue weighted by atomic mass is 10.1. The molecular weight excluding hydrogens is 248 g/mol. The Morgan fingerprint density at radius 1 is 1.39 bits per heavy atom. The van der Waals surface area contributed by atoms with Gasteiger partial charge in [-0.15, -0.1) is 0 Å². The van der Waals surface area contributed by atoms with Gasteiger partial charge in [0.2, 0.25) is 0 Å². The molecule has 18 heavy (non-hydrogen) atoms. The molecule has 0 spiro atoms. The van der Waals surface area contributed by atoms with E-state index in [4.69, 9.17) is 16.3 Å². The number of benzene rings is 1. The molecule has 100 valence electrons. The standard InChI is InChI=1S/C14H21ClN2O/c1-11-10-17(8-4-3-7-16-11)12-5-6-14(18-2)13(15)9-12/h5-6,9,11,16H,3-4,7-8,10H2,1-2H3. The number of nitrogens with one attached hydrogen (secondary N) is 1. The Morgan fingerprint density at radius 2 is 2.22 bits per heavy atom. The Bertz CT molecular complexity index is 397. The maximum absolute atomic E-state index is 6.19. The minimum absolute atomic E-state index is 0.506. The van der Waals surface area contributed by atoms with Gasteiger partial charge in [0, 0.05) is 24.8 Å². The fourth-order valence-electron chi connectivity index (χ4n) is 2.35. The summed E-state index contributed by atoms with van der Waals surface area (Å²) < 4.78 is 5.19. The van der Waals surface area contributed by atoms with Gasteiger partial charge < -0.3 is 15.0 Å². The van der Waals surface area contributed by atoms with Crippen LogP contribution in [-0.4, -0.2) is 32.8 Å². The van der Waals surface area contributed by atoms with Crippen molar-refractivity contribution < 1.29 is 4.74 Å². The van der Waals surface area contributed by atoms with E-state index in [1.807, 2.05) is 12.1 Å². The number of hydrogen-bond donors (Lipinski definition) is 1. The van der Waals surface area contributed by atoms with Gasteiger partial charge in [-0.2, -0.15) is 0 Å². The molecule has 1 saturated heterocycles. The maximum atomic E-state index is 6.19. The van der Waals surface area contributed by atoms with Crippen LogP contribution in [0.3, 0.4) is 0 Å². The molecule has 1 aromatic rings. The number of nitrogens with zero attached hydrogens (tertiary/aromatic N) is 1. The number of hydrogen-bond acceptors (Lipinski definition) is 3. The molecule has 1 heterocycles. The number of rotatable bonds is 2. The van der Waals surface area contributed by atoms with E-state index in [9.17, 15) is 0 Å². The molecule has 0 bridgehead atoms. The minimum Gasteiger partial charge on any atom is -0.495 e. The van der Waals surface area contributed by atoms with Crippen LogP contribution in [0.2, 0.25) is 5.02 Å². The van der Waals surface area contributed by atoms with Crippen LogP contribution in [0.4, 0.5) is 5.69 Å². The van der Waals surface area contributed by atoms with Crippen LogP contribution >= 0.6 is 11.6 Å². The van der Waals surface area contributed by atoms with Gasteiger partial charge in [-0.1, -0.05) is 11.6 Å². The molecule has 3 nitrogen and oxygen atoms in total. The first-order valence-corrected chi connectivity index (χ1v) is 6.90. The zero-order valence-electron chi connectivity index (χ0n) is 11.1. The summed E-state index contributed by atoms with van der Waals surface area (Å²) in [6.45, 7) is 5.46. The highest BCUT2D eigenvalue weighted by Gasteiger charge is 2.14. The van der Waals surface area contributed by atoms with Crippen molar-refractivity contribution in [3.05, 3.63) is 23.2 Å². The zero-order valence-corrected chi connectivity index (χ0v) is 11.8. The van der Waals surface area contributed by atoms with Crippen molar-refractivity contribution in [1.29, 1.82) is 0 Å². The second kappa shape index (κ2) is 6.30. The molecule has 1 aromatic carbocycles. The van der Waals surface area contributed by atoms with Crippen LogP contribution in [0.15, 0.2) is 18.2 Å². The highest BCUT2D eigenvalue weighted by molar-refractivity contribution is 6.32. The lowest BCUT2D eigenvalue weighted by Gasteiger charge is -2.31. The third-order valence-electron chi connectivity index (χ3n) is 3.34. The van der Waals surface area contributed by atoms with Gasteiger partial charge in [0.1, 0.15) is 5.75 Å². The monoisotopic (exact) mass is 268 g/mol. The van der Waals surface area contributed by atoms with E-state index in [0.29, 0.717) is 11.1 Å². The molecule has 1 aliphatic rings. The Hall–Kier alpha value is -0.930. The van der Waals surface area contributed by atoms with E-state index in [0.717, 1.165) is 25.4 Å². The Morgan fingerprint density at radius 3 is 2.94 bits per heavy atom. The van der Waals surface area contributed by atoms with E-state index < -0.39 is 0 Å². The summed E-state index contributed by atoms with van der Waals surface area (Å²) in [5, 5.41) is 4.20. The van der Waals surface area contributed by atoms with Gasteiger partial charge in [0.15, 0.2) is 0 Å². The van der Waals surface area contributed by atoms with Crippen LogP contribution in [-0.2, 0) is 0 Å². The maximum Gasteiger partial charge on any atom is 0.137 e. The summed E-state index contributed by atoms with van der Waals surface area (Å²) in [5.41, 5.74) is 1.18. The van der Waals surface area contributed by atoms with Gasteiger partial charge in [0.25, 0.3) is 0 Å². The normalized spacial score (nSPS) is 21.3. The first-order valence-electron chi connectivity index (χ1n) is 6.52. The lowest BCUT2D eigenvalue weighted by molar-refractivity contribution is 0.415. The summed E-state index contributed by atoms with van der Waals surface area (Å²) >= 11 is 6.19. The van der Waals surface area contributed by atoms with Crippen molar-refractivity contribution in [3.63, 3.8) is 0 Å². The largest absolute Gasteiger partial charge is 0.495 e. The molecule has 1 N–H and O–H groups in total. The first-order chi connectivity index (χ1) is 8.70. The molecule has 0 radical (unpaired) electrons. The molecular formula is C14H21ClN2O. The Labute approximate surface area is 114 Å². The number of anilines is 1. The van der Waals surface area contributed by atoms with Crippen molar-refractivity contribution >= 4 is 17.3 Å². The molecule has 0 aliphatic carbocycles. The van der Waals surface area contributed by atoms with Crippen LogP contribution in [0, 0.1) is 0 Å². The van der Waals surface area contributed by atoms with Crippen LogP contribution in [0.25, 0.3) is 0 Å². The van der Waals surface area contributed by atoms with Gasteiger partial charge in [-0.3, -0.25) is 0 Å². The van der Waals surface area contributed by atoms with E-state index in [1.54, 1.807) is 7.11 Å². The third-order valence-corrected chi connectivity index (χ3v) is 3.64. The predicted octanol–water partition coefficient (Wildman–Crippen LogP) is 2.93. The predicted molar refractivity (Wildman–Crippen MR) is 76.9 cm³/mol. The molecule has 2 rings (SSSR count). The lowest BCUT2D eigenvalue weighted by Crippen LogP contribution is -2.42. The molecule has 1 atom stereocenters. The average Bonchev–Trinajstić information content (AvgIpc) is 2.33. The van der Waals surface area contributed by atoms with Crippen LogP contribution in [0.5, 0.6) is 5.75 Å². The SMILES string of the molecule is COc1ccc(N2CCCCNC(C)C2)cc1Cl. The van der Waals surface area contributed by atoms with Crippen molar-refractivity contribution in [1.82, 2.24) is 5.32 Å². The van der Waals surface area contributed by atoms with Crippen molar-refractivity contribution in [3.8, 4) is 5.75 Å². The Kier molecular flexibility index (Phi) is 4.72. The highest BCUT2D eigenvalue weighted by atomic mass is 35.5. The molecule has 0 amide bonds. The molecule has 0 saturated carbocycles. The number of methoxy groups -OCH3 is 1. The number of halogens is 1. The molecule has 4 heteroatoms. The van der Waals surface area contributed by atoms with Crippen molar-refractivity contribution in [2.24, 2.45) is 0 Å². The zero-order chi connectivity index (χ0) is 13.0. The van der Waals surface area contributed by atoms with Gasteiger partial charge >= 0.3 is 0 Å². The van der Waals surface area contributed by atoms with Crippen LogP contribution < -0.4 is 15.0 Å². The molecule has 1 unspecified atom stereocenters. The summed E-state index contributed by atoms with van der Waals surface area (Å²) in [6.07, 6.45) is 2.44. The smallest absolute Gasteiger partial charge is 0.137 e. The second-order valence-electron chi connectivity index (χ2n) is 4.83.